The summed E-state index contributed by atoms with van der Waals surface area (Å²) in [5.41, 5.74) is 3.62. The van der Waals surface area contributed by atoms with Gasteiger partial charge in [0, 0.05) is 15.4 Å². The quantitative estimate of drug-likeness (QED) is 0.543. The zero-order valence-corrected chi connectivity index (χ0v) is 13.0. The van der Waals surface area contributed by atoms with Crippen LogP contribution in [0.5, 0.6) is 0 Å². The molecule has 0 fully saturated rings. The number of nitrogens with zero attached hydrogens (tertiary/aromatic N) is 1. The van der Waals surface area contributed by atoms with Crippen LogP contribution in [0, 0.1) is 12.7 Å². The fraction of sp³-hybridized carbons (Fsp3) is 0.0625. The van der Waals surface area contributed by atoms with E-state index in [4.69, 9.17) is 11.6 Å². The fourth-order valence-electron chi connectivity index (χ4n) is 2.17. The molecule has 20 heavy (non-hydrogen) atoms. The number of benzene rings is 2. The Morgan fingerprint density at radius 1 is 1.10 bits per heavy atom. The molecule has 1 nitrogen and oxygen atoms in total. The first-order valence-electron chi connectivity index (χ1n) is 6.07. The minimum absolute atomic E-state index is 0.109. The van der Waals surface area contributed by atoms with Crippen molar-refractivity contribution in [2.75, 3.05) is 0 Å². The van der Waals surface area contributed by atoms with E-state index in [0.717, 1.165) is 32.2 Å². The van der Waals surface area contributed by atoms with Crippen molar-refractivity contribution in [3.63, 3.8) is 0 Å². The summed E-state index contributed by atoms with van der Waals surface area (Å²) in [6, 6.07) is 12.6. The molecular formula is C16H10BrClFN. The minimum atomic E-state index is -0.420. The van der Waals surface area contributed by atoms with Crippen LogP contribution in [0.15, 0.2) is 46.9 Å². The van der Waals surface area contributed by atoms with Crippen LogP contribution in [-0.2, 0) is 0 Å². The van der Waals surface area contributed by atoms with Gasteiger partial charge in [0.2, 0.25) is 0 Å². The van der Waals surface area contributed by atoms with Gasteiger partial charge in [0.1, 0.15) is 5.82 Å². The number of pyridine rings is 1. The molecule has 0 amide bonds. The Labute approximate surface area is 129 Å². The van der Waals surface area contributed by atoms with Gasteiger partial charge in [-0.2, -0.15) is 0 Å². The van der Waals surface area contributed by atoms with Crippen LogP contribution >= 0.6 is 27.5 Å². The van der Waals surface area contributed by atoms with Crippen molar-refractivity contribution in [2.24, 2.45) is 0 Å². The highest BCUT2D eigenvalue weighted by atomic mass is 79.9. The molecule has 0 saturated heterocycles. The monoisotopic (exact) mass is 349 g/mol. The number of hydrogen-bond acceptors (Lipinski definition) is 1. The summed E-state index contributed by atoms with van der Waals surface area (Å²) >= 11 is 9.29. The van der Waals surface area contributed by atoms with Crippen LogP contribution in [0.25, 0.3) is 22.2 Å². The van der Waals surface area contributed by atoms with Crippen LogP contribution in [0.2, 0.25) is 5.02 Å². The molecule has 0 N–H and O–H groups in total. The molecule has 3 aromatic rings. The Balaban J connectivity index is 2.21. The van der Waals surface area contributed by atoms with Crippen molar-refractivity contribution in [1.82, 2.24) is 4.98 Å². The first-order valence-corrected chi connectivity index (χ1v) is 7.24. The lowest BCUT2D eigenvalue weighted by Gasteiger charge is -2.08. The van der Waals surface area contributed by atoms with E-state index in [0.29, 0.717) is 0 Å². The second kappa shape index (κ2) is 5.15. The molecule has 4 heteroatoms. The number of hydrogen-bond donors (Lipinski definition) is 0. The van der Waals surface area contributed by atoms with Gasteiger partial charge in [-0.05, 0) is 55.0 Å². The lowest BCUT2D eigenvalue weighted by atomic mass is 10.1. The van der Waals surface area contributed by atoms with Crippen molar-refractivity contribution in [3.8, 4) is 11.3 Å². The first-order chi connectivity index (χ1) is 9.54. The van der Waals surface area contributed by atoms with Gasteiger partial charge in [-0.3, -0.25) is 0 Å². The molecule has 0 spiro atoms. The molecule has 0 unspecified atom stereocenters. The van der Waals surface area contributed by atoms with Crippen LogP contribution in [0.3, 0.4) is 0 Å². The van der Waals surface area contributed by atoms with Crippen molar-refractivity contribution < 1.29 is 4.39 Å². The Morgan fingerprint density at radius 2 is 1.90 bits per heavy atom. The maximum absolute atomic E-state index is 13.2. The summed E-state index contributed by atoms with van der Waals surface area (Å²) in [6.45, 7) is 2.03. The van der Waals surface area contributed by atoms with Gasteiger partial charge >= 0.3 is 0 Å². The Bertz CT molecular complexity index is 817. The van der Waals surface area contributed by atoms with E-state index in [1.54, 1.807) is 12.1 Å². The minimum Gasteiger partial charge on any atom is -0.248 e. The van der Waals surface area contributed by atoms with E-state index in [2.05, 4.69) is 20.9 Å². The highest BCUT2D eigenvalue weighted by Gasteiger charge is 2.08. The zero-order chi connectivity index (χ0) is 14.3. The predicted octanol–water partition coefficient (Wildman–Crippen LogP) is 5.77. The van der Waals surface area contributed by atoms with E-state index in [1.165, 1.54) is 6.07 Å². The third kappa shape index (κ3) is 2.43. The van der Waals surface area contributed by atoms with Crippen LogP contribution in [0.4, 0.5) is 4.39 Å². The van der Waals surface area contributed by atoms with Crippen LogP contribution in [-0.4, -0.2) is 4.98 Å². The van der Waals surface area contributed by atoms with E-state index >= 15 is 0 Å². The molecule has 1 heterocycles. The Morgan fingerprint density at radius 3 is 2.65 bits per heavy atom. The van der Waals surface area contributed by atoms with E-state index in [1.807, 2.05) is 31.2 Å². The van der Waals surface area contributed by atoms with Gasteiger partial charge in [0.05, 0.1) is 16.2 Å². The maximum Gasteiger partial charge on any atom is 0.141 e. The molecule has 0 atom stereocenters. The average molecular weight is 351 g/mol. The van der Waals surface area contributed by atoms with E-state index in [9.17, 15) is 4.39 Å². The third-order valence-corrected chi connectivity index (χ3v) is 3.98. The molecule has 2 aromatic carbocycles. The molecule has 0 aliphatic carbocycles. The van der Waals surface area contributed by atoms with Crippen molar-refractivity contribution in [3.05, 3.63) is 63.3 Å². The first kappa shape index (κ1) is 13.5. The molecule has 3 rings (SSSR count). The van der Waals surface area contributed by atoms with Crippen molar-refractivity contribution >= 4 is 38.4 Å². The topological polar surface area (TPSA) is 12.9 Å². The largest absolute Gasteiger partial charge is 0.248 e. The lowest BCUT2D eigenvalue weighted by Crippen LogP contribution is -1.89. The smallest absolute Gasteiger partial charge is 0.141 e. The average Bonchev–Trinajstić information content (AvgIpc) is 2.42. The van der Waals surface area contributed by atoms with Gasteiger partial charge < -0.3 is 0 Å². The molecule has 0 aliphatic rings. The number of rotatable bonds is 1. The fourth-order valence-corrected chi connectivity index (χ4v) is 2.71. The summed E-state index contributed by atoms with van der Waals surface area (Å²) < 4.78 is 14.3. The summed E-state index contributed by atoms with van der Waals surface area (Å²) in [5.74, 6) is -0.420. The highest BCUT2D eigenvalue weighted by Crippen LogP contribution is 2.28. The third-order valence-electron chi connectivity index (χ3n) is 3.19. The van der Waals surface area contributed by atoms with E-state index in [-0.39, 0.29) is 5.02 Å². The van der Waals surface area contributed by atoms with Crippen LogP contribution in [0.1, 0.15) is 5.56 Å². The second-order valence-electron chi connectivity index (χ2n) is 4.61. The summed E-state index contributed by atoms with van der Waals surface area (Å²) in [6.07, 6.45) is 0. The van der Waals surface area contributed by atoms with Gasteiger partial charge in [-0.25, -0.2) is 9.37 Å². The second-order valence-corrected chi connectivity index (χ2v) is 5.94. The van der Waals surface area contributed by atoms with Crippen molar-refractivity contribution in [1.29, 1.82) is 0 Å². The van der Waals surface area contributed by atoms with Gasteiger partial charge in [0.25, 0.3) is 0 Å². The predicted molar refractivity (Wildman–Crippen MR) is 84.6 cm³/mol. The molecule has 1 aromatic heterocycles. The summed E-state index contributed by atoms with van der Waals surface area (Å²) in [7, 11) is 0. The molecule has 0 radical (unpaired) electrons. The number of halogens is 3. The SMILES string of the molecule is Cc1cc(-c2ccc(F)c(Cl)c2)nc2ccc(Br)cc12. The van der Waals surface area contributed by atoms with E-state index < -0.39 is 5.82 Å². The molecule has 0 saturated carbocycles. The number of aryl methyl sites for hydroxylation is 1. The molecule has 0 aliphatic heterocycles. The van der Waals surface area contributed by atoms with Gasteiger partial charge in [0.15, 0.2) is 0 Å². The maximum atomic E-state index is 13.2. The zero-order valence-electron chi connectivity index (χ0n) is 10.6. The number of aromatic nitrogens is 1. The Hall–Kier alpha value is -1.45. The van der Waals surface area contributed by atoms with Gasteiger partial charge in [-0.15, -0.1) is 0 Å². The molecule has 0 bridgehead atoms. The highest BCUT2D eigenvalue weighted by molar-refractivity contribution is 9.10. The number of fused-ring (bicyclic) bond motifs is 1. The standard InChI is InChI=1S/C16H10BrClFN/c1-9-6-16(10-2-4-14(19)13(18)7-10)20-15-5-3-11(17)8-12(9)15/h2-8H,1H3. The normalized spacial score (nSPS) is 11.0. The Kier molecular flexibility index (Phi) is 3.48. The lowest BCUT2D eigenvalue weighted by molar-refractivity contribution is 0.628. The van der Waals surface area contributed by atoms with Crippen LogP contribution < -0.4 is 0 Å². The summed E-state index contributed by atoms with van der Waals surface area (Å²) in [5, 5.41) is 1.20. The molecular weight excluding hydrogens is 341 g/mol. The van der Waals surface area contributed by atoms with Gasteiger partial charge in [-0.1, -0.05) is 27.5 Å². The van der Waals surface area contributed by atoms with Crippen molar-refractivity contribution in [2.45, 2.75) is 6.92 Å². The molecule has 100 valence electrons. The summed E-state index contributed by atoms with van der Waals surface area (Å²) in [4.78, 5) is 4.62.